The summed E-state index contributed by atoms with van der Waals surface area (Å²) in [5.74, 6) is -5.66. The summed E-state index contributed by atoms with van der Waals surface area (Å²) in [5, 5.41) is 16.1. The van der Waals surface area contributed by atoms with Gasteiger partial charge in [-0.3, -0.25) is 24.1 Å². The Morgan fingerprint density at radius 1 is 0.968 bits per heavy atom. The molecule has 0 saturated carbocycles. The molecule has 1 fully saturated rings. The number of nitrogens with zero attached hydrogens (tertiary/aromatic N) is 6. The van der Waals surface area contributed by atoms with Crippen molar-refractivity contribution in [1.29, 1.82) is 5.26 Å². The molecule has 0 aliphatic carbocycles. The van der Waals surface area contributed by atoms with Crippen LogP contribution in [0.4, 0.5) is 50.4 Å². The molecule has 12 nitrogen and oxygen atoms in total. The fraction of sp³-hybridized carbons (Fsp3) is 0.256. The number of alkyl halides is 3. The third kappa shape index (κ3) is 11.8. The highest BCUT2D eigenvalue weighted by atomic mass is 32.1. The first-order chi connectivity index (χ1) is 32.5. The zero-order valence-electron chi connectivity index (χ0n) is 42.2. The average molecular weight is 900 g/mol. The number of nitrogens with one attached hydrogen (secondary N) is 3. The number of nitriles is 1. The molecular formula is C43H40F5N9O3S2. The van der Waals surface area contributed by atoms with Crippen LogP contribution < -0.4 is 25.8 Å². The van der Waals surface area contributed by atoms with Gasteiger partial charge >= 0.3 is 6.18 Å². The van der Waals surface area contributed by atoms with Crippen LogP contribution in [0.5, 0.6) is 0 Å². The molecule has 0 atom stereocenters. The fourth-order valence-corrected chi connectivity index (χ4v) is 5.72. The van der Waals surface area contributed by atoms with Gasteiger partial charge in [-0.05, 0) is 117 Å². The third-order valence-corrected chi connectivity index (χ3v) is 8.59. The summed E-state index contributed by atoms with van der Waals surface area (Å²) < 4.78 is 141. The highest BCUT2D eigenvalue weighted by molar-refractivity contribution is 7.81. The van der Waals surface area contributed by atoms with E-state index in [1.54, 1.807) is 23.6 Å². The molecule has 3 N–H and O–H groups in total. The molecule has 5 rings (SSSR count). The Bertz CT molecular complexity index is 3020. The van der Waals surface area contributed by atoms with Gasteiger partial charge in [0.15, 0.2) is 10.8 Å². The molecule has 0 aromatic heterocycles. The van der Waals surface area contributed by atoms with Gasteiger partial charge < -0.3 is 20.9 Å². The van der Waals surface area contributed by atoms with Crippen molar-refractivity contribution in [3.05, 3.63) is 135 Å². The number of rotatable bonds is 7. The number of anilines is 3. The van der Waals surface area contributed by atoms with Crippen molar-refractivity contribution in [2.24, 2.45) is 4.99 Å². The van der Waals surface area contributed by atoms with Gasteiger partial charge in [-0.2, -0.15) is 23.4 Å². The number of aryl methyl sites for hydroxylation is 1. The van der Waals surface area contributed by atoms with E-state index in [9.17, 15) is 31.9 Å². The van der Waals surface area contributed by atoms with Crippen molar-refractivity contribution in [1.82, 2.24) is 10.6 Å². The molecular weight excluding hydrogens is 850 g/mol. The molecule has 322 valence electrons. The van der Waals surface area contributed by atoms with E-state index < -0.39 is 101 Å². The molecule has 1 aliphatic heterocycles. The van der Waals surface area contributed by atoms with Crippen LogP contribution in [0.1, 0.15) is 86.2 Å². The van der Waals surface area contributed by atoms with E-state index in [2.05, 4.69) is 32.2 Å². The maximum Gasteiger partial charge on any atom is 0.417 e. The first kappa shape index (κ1) is 36.7. The minimum atomic E-state index is -4.57. The molecule has 4 aromatic carbocycles. The Morgan fingerprint density at radius 3 is 2.08 bits per heavy atom. The van der Waals surface area contributed by atoms with Gasteiger partial charge in [0, 0.05) is 53.1 Å². The Hall–Kier alpha value is -7.10. The first-order valence-corrected chi connectivity index (χ1v) is 17.6. The van der Waals surface area contributed by atoms with Crippen LogP contribution in [0.25, 0.3) is 9.69 Å². The number of benzene rings is 4. The number of halogens is 5. The smallest absolute Gasteiger partial charge is 0.355 e. The Labute approximate surface area is 380 Å². The monoisotopic (exact) mass is 899 g/mol. The zero-order chi connectivity index (χ0) is 54.5. The van der Waals surface area contributed by atoms with E-state index in [1.807, 2.05) is 5.16 Å². The lowest BCUT2D eigenvalue weighted by molar-refractivity contribution is -0.137. The predicted molar refractivity (Wildman–Crippen MR) is 236 cm³/mol. The van der Waals surface area contributed by atoms with Gasteiger partial charge in [-0.15, -0.1) is 0 Å². The number of carbonyl (C=O) groups is 3. The molecule has 0 bridgehead atoms. The van der Waals surface area contributed by atoms with Gasteiger partial charge in [0.2, 0.25) is 0 Å². The summed E-state index contributed by atoms with van der Waals surface area (Å²) in [6.07, 6.45) is -4.57. The summed E-state index contributed by atoms with van der Waals surface area (Å²) in [4.78, 5) is 49.6. The van der Waals surface area contributed by atoms with Crippen LogP contribution in [0.15, 0.2) is 77.7 Å². The van der Waals surface area contributed by atoms with Gasteiger partial charge in [-0.1, -0.05) is 13.5 Å². The van der Waals surface area contributed by atoms with E-state index in [0.29, 0.717) is 16.9 Å². The Kier molecular flexibility index (Phi) is 12.4. The lowest BCUT2D eigenvalue weighted by Gasteiger charge is -2.29. The highest BCUT2D eigenvalue weighted by Crippen LogP contribution is 2.38. The number of hydrogen-bond donors (Lipinski definition) is 3. The molecule has 1 saturated heterocycles. The number of aliphatic imine (C=N–C) groups is 1. The standard InChI is InChI=1S/C21H19FN4O2S.C12H14FN3O.C9H3F3N2S.CH4/c1-12-10-13(7-9-17(12)23-4)25-19(28)21(2,3)26(20(25)29)14-6-8-15(16(22)11-14)18(27)24-5;1-12(2,15-4)16-8-5-6-9(10(13)7-8)11(17)14-3;10-9(11,12)8-3-7(14-5-15)2-1-6(8)4-13;/h6-11H,1-3,5H3,(H,24,27);5-7,16H,1-3H3,(H,14,17);1-3H;1H4/i5D3,6D,11D;3D3,5D,7D;;. The van der Waals surface area contributed by atoms with E-state index >= 15 is 4.39 Å². The van der Waals surface area contributed by atoms with Crippen LogP contribution >= 0.6 is 24.4 Å². The number of isothiocyanates is 1. The fourth-order valence-electron chi connectivity index (χ4n) is 5.11. The van der Waals surface area contributed by atoms with Crippen LogP contribution in [0, 0.1) is 43.0 Å². The van der Waals surface area contributed by atoms with Gasteiger partial charge in [0.1, 0.15) is 17.2 Å². The second-order valence-corrected chi connectivity index (χ2v) is 13.7. The first-order valence-electron chi connectivity index (χ1n) is 21.8. The molecule has 0 spiro atoms. The number of hydrogen-bond acceptors (Lipinski definition) is 8. The molecule has 3 amide bonds. The van der Waals surface area contributed by atoms with Crippen molar-refractivity contribution < 1.29 is 50.0 Å². The topological polar surface area (TPSA) is 139 Å². The van der Waals surface area contributed by atoms with Crippen molar-refractivity contribution in [2.75, 3.05) is 29.1 Å². The highest BCUT2D eigenvalue weighted by Gasteiger charge is 2.50. The molecule has 4 aromatic rings. The maximum atomic E-state index is 15.0. The van der Waals surface area contributed by atoms with Crippen molar-refractivity contribution in [3.63, 3.8) is 0 Å². The van der Waals surface area contributed by atoms with E-state index in [1.165, 1.54) is 61.8 Å². The van der Waals surface area contributed by atoms with Crippen LogP contribution in [0.2, 0.25) is 0 Å². The molecule has 62 heavy (non-hydrogen) atoms. The predicted octanol–water partition coefficient (Wildman–Crippen LogP) is 10.2. The van der Waals surface area contributed by atoms with Crippen LogP contribution in [0.3, 0.4) is 0 Å². The molecule has 1 aliphatic rings. The van der Waals surface area contributed by atoms with Crippen molar-refractivity contribution in [2.45, 2.75) is 59.4 Å². The summed E-state index contributed by atoms with van der Waals surface area (Å²) >= 11 is 9.77. The third-order valence-electron chi connectivity index (χ3n) is 8.13. The summed E-state index contributed by atoms with van der Waals surface area (Å²) in [5.41, 5.74) is -4.74. The quantitative estimate of drug-likeness (QED) is 0.0722. The van der Waals surface area contributed by atoms with Crippen molar-refractivity contribution in [3.8, 4) is 6.07 Å². The Morgan fingerprint density at radius 2 is 1.56 bits per heavy atom. The normalized spacial score (nSPS) is 15.3. The van der Waals surface area contributed by atoms with Crippen LogP contribution in [-0.2, 0) is 11.0 Å². The minimum absolute atomic E-state index is 0. The van der Waals surface area contributed by atoms with Gasteiger partial charge in [0.05, 0.1) is 51.2 Å². The van der Waals surface area contributed by atoms with Crippen LogP contribution in [-0.4, -0.2) is 53.1 Å². The van der Waals surface area contributed by atoms with E-state index in [4.69, 9.17) is 44.3 Å². The van der Waals surface area contributed by atoms with Gasteiger partial charge in [-0.25, -0.2) is 20.2 Å². The average Bonchev–Trinajstić information content (AvgIpc) is 3.42. The Balaban J connectivity index is 0.000000402. The van der Waals surface area contributed by atoms with E-state index in [-0.39, 0.29) is 35.6 Å². The van der Waals surface area contributed by atoms with E-state index in [0.717, 1.165) is 24.3 Å². The minimum Gasteiger partial charge on any atom is -0.355 e. The molecule has 1 heterocycles. The SMILES string of the molecule is C.N#Cc1ccc(N=C=S)cc1C(F)(F)F.[2H]c1cc(C(=O)NC([2H])([2H])[2H])c(F)c([2H])c1N1C(=S)N(c2ccc([N+]#[C-])c(C)c2)C(=O)C1(C)C.[2H]c1cc(C(=O)NC([2H])([2H])[2H])c(F)c([2H])c1NC(C)(C)[N+]#[C-]. The lowest BCUT2D eigenvalue weighted by atomic mass is 10.0. The lowest BCUT2D eigenvalue weighted by Crippen LogP contribution is -2.44. The largest absolute Gasteiger partial charge is 0.417 e. The summed E-state index contributed by atoms with van der Waals surface area (Å²) in [6.45, 7) is 16.1. The van der Waals surface area contributed by atoms with Gasteiger partial charge in [0.25, 0.3) is 23.4 Å². The number of carbonyl (C=O) groups excluding carboxylic acids is 3. The molecule has 19 heteroatoms. The van der Waals surface area contributed by atoms with Crippen molar-refractivity contribution >= 4 is 80.9 Å². The maximum absolute atomic E-state index is 15.0. The second-order valence-electron chi connectivity index (χ2n) is 13.2. The number of thiocarbonyl (C=S) groups is 2. The second kappa shape index (κ2) is 20.9. The summed E-state index contributed by atoms with van der Waals surface area (Å²) in [7, 11) is 0. The summed E-state index contributed by atoms with van der Waals surface area (Å²) in [6, 6.07) is 8.29. The zero-order valence-corrected chi connectivity index (χ0v) is 33.9. The molecule has 0 radical (unpaired) electrons. The molecule has 0 unspecified atom stereocenters. The number of amides is 3.